The van der Waals surface area contributed by atoms with E-state index in [1.807, 2.05) is 4.72 Å². The maximum atomic E-state index is 13.0. The highest BCUT2D eigenvalue weighted by atomic mass is 32.2. The van der Waals surface area contributed by atoms with Crippen molar-refractivity contribution in [1.29, 1.82) is 0 Å². The van der Waals surface area contributed by atoms with E-state index in [0.717, 1.165) is 6.07 Å². The predicted molar refractivity (Wildman–Crippen MR) is 67.6 cm³/mol. The molecule has 0 aromatic heterocycles. The molecule has 20 heavy (non-hydrogen) atoms. The van der Waals surface area contributed by atoms with Crippen LogP contribution in [0, 0.1) is 17.6 Å². The third-order valence-corrected chi connectivity index (χ3v) is 4.40. The molecule has 0 amide bonds. The van der Waals surface area contributed by atoms with Gasteiger partial charge in [-0.3, -0.25) is 4.79 Å². The Balaban J connectivity index is 3.09. The van der Waals surface area contributed by atoms with Crippen molar-refractivity contribution >= 4 is 16.0 Å². The summed E-state index contributed by atoms with van der Waals surface area (Å²) in [6.07, 6.45) is 0.442. The highest BCUT2D eigenvalue weighted by Gasteiger charge is 2.29. The van der Waals surface area contributed by atoms with Crippen LogP contribution in [0.15, 0.2) is 23.1 Å². The Morgan fingerprint density at radius 3 is 2.40 bits per heavy atom. The predicted octanol–water partition coefficient (Wildman–Crippen LogP) is 1.74. The number of benzene rings is 1. The molecule has 0 radical (unpaired) electrons. The van der Waals surface area contributed by atoms with Gasteiger partial charge >= 0.3 is 5.97 Å². The fourth-order valence-corrected chi connectivity index (χ4v) is 2.83. The van der Waals surface area contributed by atoms with Crippen LogP contribution in [0.25, 0.3) is 0 Å². The van der Waals surface area contributed by atoms with E-state index in [0.29, 0.717) is 18.6 Å². The van der Waals surface area contributed by atoms with E-state index < -0.39 is 44.5 Å². The number of halogens is 2. The molecule has 0 aliphatic heterocycles. The number of carboxylic acid groups (broad SMARTS) is 1. The van der Waals surface area contributed by atoms with Crippen molar-refractivity contribution in [3.63, 3.8) is 0 Å². The van der Waals surface area contributed by atoms with Crippen molar-refractivity contribution in [2.45, 2.75) is 31.2 Å². The van der Waals surface area contributed by atoms with Gasteiger partial charge in [0.05, 0.1) is 4.90 Å². The molecule has 1 aromatic rings. The van der Waals surface area contributed by atoms with Crippen molar-refractivity contribution in [2.24, 2.45) is 5.92 Å². The lowest BCUT2D eigenvalue weighted by Gasteiger charge is -2.20. The van der Waals surface area contributed by atoms with E-state index in [2.05, 4.69) is 0 Å². The SMILES string of the molecule is CCC(C)[C@H](NS(=O)(=O)c1ccc(F)c(F)c1)C(=O)O. The highest BCUT2D eigenvalue weighted by molar-refractivity contribution is 7.89. The quantitative estimate of drug-likeness (QED) is 0.838. The van der Waals surface area contributed by atoms with E-state index in [1.165, 1.54) is 0 Å². The summed E-state index contributed by atoms with van der Waals surface area (Å²) in [6, 6.07) is 0.713. The molecule has 0 bridgehead atoms. The van der Waals surface area contributed by atoms with E-state index in [1.54, 1.807) is 13.8 Å². The van der Waals surface area contributed by atoms with Crippen LogP contribution in [-0.4, -0.2) is 25.5 Å². The topological polar surface area (TPSA) is 83.5 Å². The zero-order valence-corrected chi connectivity index (χ0v) is 11.7. The largest absolute Gasteiger partial charge is 0.480 e. The molecule has 0 saturated carbocycles. The van der Waals surface area contributed by atoms with E-state index in [9.17, 15) is 22.0 Å². The van der Waals surface area contributed by atoms with Gasteiger partial charge in [-0.1, -0.05) is 20.3 Å². The Kier molecular flexibility index (Phi) is 5.18. The Bertz CT molecular complexity index is 603. The van der Waals surface area contributed by atoms with Crippen LogP contribution in [0.1, 0.15) is 20.3 Å². The molecule has 1 aromatic carbocycles. The monoisotopic (exact) mass is 307 g/mol. The minimum atomic E-state index is -4.24. The van der Waals surface area contributed by atoms with Gasteiger partial charge in [0.15, 0.2) is 11.6 Å². The molecular weight excluding hydrogens is 292 g/mol. The second-order valence-corrected chi connectivity index (χ2v) is 6.11. The van der Waals surface area contributed by atoms with E-state index >= 15 is 0 Å². The van der Waals surface area contributed by atoms with Crippen LogP contribution < -0.4 is 4.72 Å². The van der Waals surface area contributed by atoms with Crippen molar-refractivity contribution < 1.29 is 27.1 Å². The van der Waals surface area contributed by atoms with Crippen LogP contribution >= 0.6 is 0 Å². The minimum absolute atomic E-state index is 0.442. The average molecular weight is 307 g/mol. The van der Waals surface area contributed by atoms with Crippen LogP contribution in [0.2, 0.25) is 0 Å². The molecule has 5 nitrogen and oxygen atoms in total. The van der Waals surface area contributed by atoms with Gasteiger partial charge in [-0.2, -0.15) is 4.72 Å². The number of rotatable bonds is 6. The van der Waals surface area contributed by atoms with Gasteiger partial charge in [-0.25, -0.2) is 17.2 Å². The van der Waals surface area contributed by atoms with E-state index in [4.69, 9.17) is 5.11 Å². The van der Waals surface area contributed by atoms with E-state index in [-0.39, 0.29) is 0 Å². The zero-order chi connectivity index (χ0) is 15.5. The van der Waals surface area contributed by atoms with Crippen LogP contribution in [-0.2, 0) is 14.8 Å². The minimum Gasteiger partial charge on any atom is -0.480 e. The summed E-state index contributed by atoms with van der Waals surface area (Å²) in [5.41, 5.74) is 0. The summed E-state index contributed by atoms with van der Waals surface area (Å²) in [5, 5.41) is 9.02. The number of hydrogen-bond acceptors (Lipinski definition) is 3. The molecule has 112 valence electrons. The Morgan fingerprint density at radius 2 is 1.95 bits per heavy atom. The Hall–Kier alpha value is -1.54. The first-order valence-corrected chi connectivity index (χ1v) is 7.37. The molecule has 8 heteroatoms. The Morgan fingerprint density at radius 1 is 1.35 bits per heavy atom. The second-order valence-electron chi connectivity index (χ2n) is 4.40. The average Bonchev–Trinajstić information content (AvgIpc) is 2.38. The number of aliphatic carboxylic acids is 1. The molecule has 0 aliphatic carbocycles. The van der Waals surface area contributed by atoms with Gasteiger partial charge in [-0.05, 0) is 24.1 Å². The van der Waals surface area contributed by atoms with Crippen molar-refractivity contribution in [3.05, 3.63) is 29.8 Å². The van der Waals surface area contributed by atoms with Crippen molar-refractivity contribution in [3.8, 4) is 0 Å². The summed E-state index contributed by atoms with van der Waals surface area (Å²) in [4.78, 5) is 10.5. The molecule has 2 N–H and O–H groups in total. The van der Waals surface area contributed by atoms with Crippen LogP contribution in [0.4, 0.5) is 8.78 Å². The molecule has 2 atom stereocenters. The molecule has 1 rings (SSSR count). The third-order valence-electron chi connectivity index (χ3n) is 2.96. The normalized spacial score (nSPS) is 14.8. The van der Waals surface area contributed by atoms with Crippen molar-refractivity contribution in [1.82, 2.24) is 4.72 Å². The van der Waals surface area contributed by atoms with Crippen molar-refractivity contribution in [2.75, 3.05) is 0 Å². The van der Waals surface area contributed by atoms with Crippen LogP contribution in [0.3, 0.4) is 0 Å². The fourth-order valence-electron chi connectivity index (χ4n) is 1.52. The molecule has 0 saturated heterocycles. The highest BCUT2D eigenvalue weighted by Crippen LogP contribution is 2.16. The molecular formula is C12H15F2NO4S. The molecule has 0 aliphatic rings. The van der Waals surface area contributed by atoms with Gasteiger partial charge < -0.3 is 5.11 Å². The molecule has 0 heterocycles. The second kappa shape index (κ2) is 6.27. The van der Waals surface area contributed by atoms with Gasteiger partial charge in [0.25, 0.3) is 0 Å². The molecule has 1 unspecified atom stereocenters. The summed E-state index contributed by atoms with van der Waals surface area (Å²) < 4.78 is 51.7. The zero-order valence-electron chi connectivity index (χ0n) is 10.9. The lowest BCUT2D eigenvalue weighted by Crippen LogP contribution is -2.44. The standard InChI is InChI=1S/C12H15F2NO4S/c1-3-7(2)11(12(16)17)15-20(18,19)8-4-5-9(13)10(14)6-8/h4-7,11,15H,3H2,1-2H3,(H,16,17)/t7?,11-/m0/s1. The number of hydrogen-bond donors (Lipinski definition) is 2. The number of nitrogens with one attached hydrogen (secondary N) is 1. The maximum Gasteiger partial charge on any atom is 0.322 e. The first-order chi connectivity index (χ1) is 9.19. The summed E-state index contributed by atoms with van der Waals surface area (Å²) >= 11 is 0. The lowest BCUT2D eigenvalue weighted by molar-refractivity contribution is -0.140. The fraction of sp³-hybridized carbons (Fsp3) is 0.417. The lowest BCUT2D eigenvalue weighted by atomic mass is 10.0. The maximum absolute atomic E-state index is 13.0. The van der Waals surface area contributed by atoms with Gasteiger partial charge in [0, 0.05) is 0 Å². The summed E-state index contributed by atoms with van der Waals surface area (Å²) in [7, 11) is -4.24. The number of sulfonamides is 1. The van der Waals surface area contributed by atoms with Gasteiger partial charge in [0.1, 0.15) is 6.04 Å². The number of carboxylic acids is 1. The summed E-state index contributed by atoms with van der Waals surface area (Å²) in [5.74, 6) is -4.28. The first-order valence-electron chi connectivity index (χ1n) is 5.89. The molecule has 0 fully saturated rings. The molecule has 0 spiro atoms. The van der Waals surface area contributed by atoms with Gasteiger partial charge in [0.2, 0.25) is 10.0 Å². The third kappa shape index (κ3) is 3.73. The van der Waals surface area contributed by atoms with Gasteiger partial charge in [-0.15, -0.1) is 0 Å². The number of carbonyl (C=O) groups is 1. The first kappa shape index (κ1) is 16.5. The Labute approximate surface area is 115 Å². The summed E-state index contributed by atoms with van der Waals surface area (Å²) in [6.45, 7) is 3.29. The van der Waals surface area contributed by atoms with Crippen LogP contribution in [0.5, 0.6) is 0 Å². The smallest absolute Gasteiger partial charge is 0.322 e.